The maximum Gasteiger partial charge on any atom is 0.339 e. The molecule has 2 aromatic carbocycles. The standard InChI is InChI=1S/C18H18N2O5.C16H16N2O3/c1-2-24-18(23)12-6-7-16(19-10-12)25-15-5-3-4-14-13(15)8-9-20(14)11-17(21)22;1-2-20-16(19)11-6-7-15(18-10-11)21-14-5-3-4-13-12(14)8-9-17-13/h3-7,10H,2,8-9,11H2,1H3,(H,21,22);3-7,10,17H,2,8-9H2,1H3. The molecule has 6 rings (SSSR count). The van der Waals surface area contributed by atoms with Crippen LogP contribution < -0.4 is 19.7 Å². The summed E-state index contributed by atoms with van der Waals surface area (Å²) in [6.07, 6.45) is 4.52. The average Bonchev–Trinajstić information content (AvgIpc) is 3.71. The van der Waals surface area contributed by atoms with Crippen LogP contribution in [0, 0.1) is 0 Å². The first-order valence-corrected chi connectivity index (χ1v) is 14.9. The third-order valence-electron chi connectivity index (χ3n) is 7.15. The van der Waals surface area contributed by atoms with E-state index in [1.165, 1.54) is 12.4 Å². The second kappa shape index (κ2) is 14.9. The molecule has 2 aromatic heterocycles. The van der Waals surface area contributed by atoms with Gasteiger partial charge in [0.15, 0.2) is 0 Å². The average molecular weight is 627 g/mol. The van der Waals surface area contributed by atoms with Crippen molar-refractivity contribution in [2.24, 2.45) is 0 Å². The van der Waals surface area contributed by atoms with Gasteiger partial charge in [-0.1, -0.05) is 12.1 Å². The van der Waals surface area contributed by atoms with Crippen LogP contribution in [0.25, 0.3) is 0 Å². The number of nitrogens with zero attached hydrogens (tertiary/aromatic N) is 3. The van der Waals surface area contributed by atoms with Crippen molar-refractivity contribution < 1.29 is 38.4 Å². The number of carboxylic acids is 1. The summed E-state index contributed by atoms with van der Waals surface area (Å²) in [7, 11) is 0. The van der Waals surface area contributed by atoms with Crippen LogP contribution in [0.3, 0.4) is 0 Å². The maximum absolute atomic E-state index is 11.6. The van der Waals surface area contributed by atoms with Crippen molar-refractivity contribution in [3.63, 3.8) is 0 Å². The lowest BCUT2D eigenvalue weighted by molar-refractivity contribution is -0.135. The lowest BCUT2D eigenvalue weighted by Gasteiger charge is -2.17. The van der Waals surface area contributed by atoms with Gasteiger partial charge in [-0.25, -0.2) is 19.6 Å². The summed E-state index contributed by atoms with van der Waals surface area (Å²) in [5, 5.41) is 12.3. The highest BCUT2D eigenvalue weighted by molar-refractivity contribution is 5.89. The van der Waals surface area contributed by atoms with Crippen molar-refractivity contribution >= 4 is 29.3 Å². The van der Waals surface area contributed by atoms with E-state index in [1.54, 1.807) is 38.1 Å². The minimum Gasteiger partial charge on any atom is -0.480 e. The van der Waals surface area contributed by atoms with Crippen LogP contribution >= 0.6 is 0 Å². The highest BCUT2D eigenvalue weighted by atomic mass is 16.5. The number of esters is 2. The molecule has 0 aliphatic carbocycles. The van der Waals surface area contributed by atoms with Gasteiger partial charge in [0, 0.05) is 60.1 Å². The number of benzene rings is 2. The highest BCUT2D eigenvalue weighted by Gasteiger charge is 2.24. The topological polar surface area (TPSA) is 149 Å². The molecule has 4 heterocycles. The number of carbonyl (C=O) groups excluding carboxylic acids is 2. The molecule has 0 bridgehead atoms. The van der Waals surface area contributed by atoms with E-state index < -0.39 is 11.9 Å². The lowest BCUT2D eigenvalue weighted by atomic mass is 10.1. The fraction of sp³-hybridized carbons (Fsp3) is 0.265. The number of pyridine rings is 2. The van der Waals surface area contributed by atoms with Crippen molar-refractivity contribution in [1.29, 1.82) is 0 Å². The van der Waals surface area contributed by atoms with Crippen LogP contribution in [-0.2, 0) is 27.1 Å². The van der Waals surface area contributed by atoms with Crippen molar-refractivity contribution in [1.82, 2.24) is 9.97 Å². The van der Waals surface area contributed by atoms with E-state index in [9.17, 15) is 14.4 Å². The summed E-state index contributed by atoms with van der Waals surface area (Å²) < 4.78 is 21.5. The molecular formula is C34H34N4O8. The summed E-state index contributed by atoms with van der Waals surface area (Å²) in [6.45, 7) is 5.69. The van der Waals surface area contributed by atoms with Crippen LogP contribution in [-0.4, -0.2) is 65.8 Å². The molecule has 2 aliphatic heterocycles. The van der Waals surface area contributed by atoms with Crippen LogP contribution in [0.2, 0.25) is 0 Å². The smallest absolute Gasteiger partial charge is 0.339 e. The monoisotopic (exact) mass is 626 g/mol. The van der Waals surface area contributed by atoms with Gasteiger partial charge >= 0.3 is 17.9 Å². The normalized spacial score (nSPS) is 12.5. The molecule has 0 amide bonds. The van der Waals surface area contributed by atoms with E-state index in [0.29, 0.717) is 54.8 Å². The summed E-state index contributed by atoms with van der Waals surface area (Å²) in [4.78, 5) is 44.3. The second-order valence-electron chi connectivity index (χ2n) is 10.2. The molecule has 0 unspecified atom stereocenters. The number of anilines is 2. The number of fused-ring (bicyclic) bond motifs is 2. The number of carbonyl (C=O) groups is 3. The molecule has 0 radical (unpaired) electrons. The zero-order chi connectivity index (χ0) is 32.5. The van der Waals surface area contributed by atoms with Gasteiger partial charge in [0.25, 0.3) is 0 Å². The van der Waals surface area contributed by atoms with E-state index in [2.05, 4.69) is 15.3 Å². The van der Waals surface area contributed by atoms with Gasteiger partial charge in [0.1, 0.15) is 18.0 Å². The number of rotatable bonds is 10. The van der Waals surface area contributed by atoms with Crippen molar-refractivity contribution in [2.45, 2.75) is 26.7 Å². The zero-order valence-electron chi connectivity index (χ0n) is 25.5. The summed E-state index contributed by atoms with van der Waals surface area (Å²) in [5.74, 6) is 0.598. The maximum atomic E-state index is 11.6. The van der Waals surface area contributed by atoms with Crippen LogP contribution in [0.5, 0.6) is 23.3 Å². The third kappa shape index (κ3) is 7.70. The number of ether oxygens (including phenoxy) is 4. The number of nitrogens with one attached hydrogen (secondary N) is 1. The molecule has 0 fully saturated rings. The largest absolute Gasteiger partial charge is 0.480 e. The minimum absolute atomic E-state index is 0.0387. The molecule has 0 spiro atoms. The van der Waals surface area contributed by atoms with Gasteiger partial charge in [-0.2, -0.15) is 0 Å². The first-order chi connectivity index (χ1) is 22.4. The van der Waals surface area contributed by atoms with E-state index in [1.807, 2.05) is 41.3 Å². The molecule has 2 aliphatic rings. The fourth-order valence-corrected chi connectivity index (χ4v) is 5.08. The number of carboxylic acid groups (broad SMARTS) is 1. The van der Waals surface area contributed by atoms with Crippen molar-refractivity contribution in [3.8, 4) is 23.3 Å². The number of aliphatic carboxylic acids is 1. The molecule has 0 atom stereocenters. The van der Waals surface area contributed by atoms with E-state index in [-0.39, 0.29) is 12.5 Å². The molecule has 2 N–H and O–H groups in total. The Morgan fingerprint density at radius 3 is 1.91 bits per heavy atom. The Kier molecular flexibility index (Phi) is 10.3. The number of hydrogen-bond donors (Lipinski definition) is 2. The number of aromatic nitrogens is 2. The van der Waals surface area contributed by atoms with Crippen molar-refractivity contribution in [3.05, 3.63) is 95.3 Å². The second-order valence-corrected chi connectivity index (χ2v) is 10.2. The molecule has 12 heteroatoms. The zero-order valence-corrected chi connectivity index (χ0v) is 25.5. The predicted octanol–water partition coefficient (Wildman–Crippen LogP) is 5.52. The summed E-state index contributed by atoms with van der Waals surface area (Å²) >= 11 is 0. The van der Waals surface area contributed by atoms with Gasteiger partial charge in [-0.3, -0.25) is 4.79 Å². The highest BCUT2D eigenvalue weighted by Crippen LogP contribution is 2.37. The van der Waals surface area contributed by atoms with Crippen LogP contribution in [0.1, 0.15) is 45.7 Å². The molecule has 0 saturated carbocycles. The van der Waals surface area contributed by atoms with Gasteiger partial charge in [-0.15, -0.1) is 0 Å². The lowest BCUT2D eigenvalue weighted by Crippen LogP contribution is -2.27. The molecule has 46 heavy (non-hydrogen) atoms. The molecule has 0 saturated heterocycles. The van der Waals surface area contributed by atoms with Gasteiger partial charge in [-0.05, 0) is 63.1 Å². The summed E-state index contributed by atoms with van der Waals surface area (Å²) in [6, 6.07) is 18.0. The molecule has 238 valence electrons. The molecular weight excluding hydrogens is 592 g/mol. The number of hydrogen-bond acceptors (Lipinski definition) is 11. The van der Waals surface area contributed by atoms with Crippen molar-refractivity contribution in [2.75, 3.05) is 43.1 Å². The predicted molar refractivity (Wildman–Crippen MR) is 169 cm³/mol. The Bertz CT molecular complexity index is 1690. The molecule has 12 nitrogen and oxygen atoms in total. The van der Waals surface area contributed by atoms with Gasteiger partial charge < -0.3 is 34.3 Å². The fourth-order valence-electron chi connectivity index (χ4n) is 5.08. The Morgan fingerprint density at radius 1 is 0.783 bits per heavy atom. The van der Waals surface area contributed by atoms with Gasteiger partial charge in [0.05, 0.1) is 24.3 Å². The summed E-state index contributed by atoms with van der Waals surface area (Å²) in [5.41, 5.74) is 4.87. The molecule has 4 aromatic rings. The quantitative estimate of drug-likeness (QED) is 0.214. The minimum atomic E-state index is -0.865. The van der Waals surface area contributed by atoms with E-state index in [4.69, 9.17) is 24.1 Å². The Labute approximate surface area is 265 Å². The van der Waals surface area contributed by atoms with Gasteiger partial charge in [0.2, 0.25) is 11.8 Å². The third-order valence-corrected chi connectivity index (χ3v) is 7.15. The Morgan fingerprint density at radius 2 is 1.37 bits per heavy atom. The van der Waals surface area contributed by atoms with Crippen LogP contribution in [0.15, 0.2) is 73.1 Å². The SMILES string of the molecule is CCOC(=O)c1ccc(Oc2cccc3c2CCN3)nc1.CCOC(=O)c1ccc(Oc2cccc3c2CCN3CC(=O)O)nc1. The first kappa shape index (κ1) is 31.8. The Hall–Kier alpha value is -5.65. The first-order valence-electron chi connectivity index (χ1n) is 14.9. The van der Waals surface area contributed by atoms with E-state index >= 15 is 0 Å². The van der Waals surface area contributed by atoms with E-state index in [0.717, 1.165) is 41.2 Å². The Balaban J connectivity index is 0.000000184. The van der Waals surface area contributed by atoms with Crippen LogP contribution in [0.4, 0.5) is 11.4 Å².